The molecule has 1 aliphatic rings. The average molecular weight is 314 g/mol. The minimum atomic E-state index is -0.101. The van der Waals surface area contributed by atoms with Gasteiger partial charge in [-0.2, -0.15) is 0 Å². The molecule has 0 saturated carbocycles. The Morgan fingerprint density at radius 3 is 2.32 bits per heavy atom. The highest BCUT2D eigenvalue weighted by molar-refractivity contribution is 4.98. The lowest BCUT2D eigenvalue weighted by molar-refractivity contribution is -0.163. The number of hydrogen-bond donors (Lipinski definition) is 1. The molecule has 5 heteroatoms. The molecule has 0 aliphatic carbocycles. The molecule has 1 N–H and O–H groups in total. The fourth-order valence-electron chi connectivity index (χ4n) is 2.10. The summed E-state index contributed by atoms with van der Waals surface area (Å²) in [5, 5.41) is 8.45. The van der Waals surface area contributed by atoms with E-state index in [1.807, 2.05) is 0 Å². The maximum absolute atomic E-state index is 8.45. The van der Waals surface area contributed by atoms with Crippen molar-refractivity contribution in [3.05, 3.63) is 0 Å². The highest BCUT2D eigenvalue weighted by Gasteiger charge is 2.13. The van der Waals surface area contributed by atoms with Gasteiger partial charge in [-0.1, -0.05) is 11.8 Å². The zero-order chi connectivity index (χ0) is 15.7. The number of unbranched alkanes of at least 4 members (excludes halogenated alkanes) is 2. The second-order valence-corrected chi connectivity index (χ2v) is 5.26. The molecule has 1 saturated heterocycles. The second kappa shape index (κ2) is 15.3. The van der Waals surface area contributed by atoms with Crippen molar-refractivity contribution in [1.82, 2.24) is 0 Å². The van der Waals surface area contributed by atoms with Gasteiger partial charge in [0.2, 0.25) is 0 Å². The molecular formula is C17H30O5. The van der Waals surface area contributed by atoms with Gasteiger partial charge in [0.15, 0.2) is 6.29 Å². The van der Waals surface area contributed by atoms with E-state index in [0.29, 0.717) is 13.2 Å². The Balaban J connectivity index is 1.71. The predicted octanol–water partition coefficient (Wildman–Crippen LogP) is 2.12. The SMILES string of the molecule is OCC#CCOCCCCOCCCCOC1CCCCO1. The molecule has 0 aromatic rings. The monoisotopic (exact) mass is 314 g/mol. The summed E-state index contributed by atoms with van der Waals surface area (Å²) in [6.07, 6.45) is 7.46. The molecule has 0 radical (unpaired) electrons. The predicted molar refractivity (Wildman–Crippen MR) is 84.5 cm³/mol. The number of rotatable bonds is 12. The Bertz CT molecular complexity index is 291. The summed E-state index contributed by atoms with van der Waals surface area (Å²) in [5.41, 5.74) is 0. The van der Waals surface area contributed by atoms with Crippen LogP contribution >= 0.6 is 0 Å². The van der Waals surface area contributed by atoms with Crippen molar-refractivity contribution in [3.8, 4) is 11.8 Å². The van der Waals surface area contributed by atoms with Crippen molar-refractivity contribution >= 4 is 0 Å². The van der Waals surface area contributed by atoms with Crippen LogP contribution in [0.15, 0.2) is 0 Å². The van der Waals surface area contributed by atoms with Gasteiger partial charge in [-0.25, -0.2) is 0 Å². The first-order chi connectivity index (χ1) is 10.9. The van der Waals surface area contributed by atoms with Crippen LogP contribution < -0.4 is 0 Å². The molecular weight excluding hydrogens is 284 g/mol. The molecule has 0 bridgehead atoms. The molecule has 0 aromatic heterocycles. The molecule has 0 spiro atoms. The lowest BCUT2D eigenvalue weighted by atomic mass is 10.2. The Hall–Kier alpha value is -0.640. The first kappa shape index (κ1) is 19.4. The summed E-state index contributed by atoms with van der Waals surface area (Å²) in [6, 6.07) is 0. The molecule has 1 unspecified atom stereocenters. The largest absolute Gasteiger partial charge is 0.384 e. The van der Waals surface area contributed by atoms with Crippen LogP contribution in [0.5, 0.6) is 0 Å². The van der Waals surface area contributed by atoms with E-state index < -0.39 is 0 Å². The van der Waals surface area contributed by atoms with Crippen LogP contribution in [-0.2, 0) is 18.9 Å². The number of hydrogen-bond acceptors (Lipinski definition) is 5. The third-order valence-corrected chi connectivity index (χ3v) is 3.33. The standard InChI is InChI=1S/C17H30O5/c18-10-2-4-11-19-12-5-6-13-20-14-7-8-16-22-17-9-1-3-15-21-17/h17-18H,1,3,5-16H2. The van der Waals surface area contributed by atoms with E-state index in [-0.39, 0.29) is 12.9 Å². The highest BCUT2D eigenvalue weighted by atomic mass is 16.7. The fourth-order valence-corrected chi connectivity index (χ4v) is 2.10. The van der Waals surface area contributed by atoms with Crippen LogP contribution in [0.4, 0.5) is 0 Å². The van der Waals surface area contributed by atoms with Crippen molar-refractivity contribution in [1.29, 1.82) is 0 Å². The minimum absolute atomic E-state index is 0.0248. The summed E-state index contributed by atoms with van der Waals surface area (Å²) in [6.45, 7) is 4.15. The van der Waals surface area contributed by atoms with Crippen LogP contribution in [0.2, 0.25) is 0 Å². The smallest absolute Gasteiger partial charge is 0.157 e. The highest BCUT2D eigenvalue weighted by Crippen LogP contribution is 2.13. The zero-order valence-electron chi connectivity index (χ0n) is 13.6. The molecule has 5 nitrogen and oxygen atoms in total. The normalized spacial score (nSPS) is 18.0. The van der Waals surface area contributed by atoms with Gasteiger partial charge in [0.1, 0.15) is 13.2 Å². The maximum Gasteiger partial charge on any atom is 0.157 e. The molecule has 1 aliphatic heterocycles. The summed E-state index contributed by atoms with van der Waals surface area (Å²) >= 11 is 0. The maximum atomic E-state index is 8.45. The molecule has 0 amide bonds. The summed E-state index contributed by atoms with van der Waals surface area (Å²) in [5.74, 6) is 5.26. The van der Waals surface area contributed by atoms with E-state index in [1.54, 1.807) is 0 Å². The van der Waals surface area contributed by atoms with E-state index in [1.165, 1.54) is 6.42 Å². The van der Waals surface area contributed by atoms with Crippen molar-refractivity contribution in [2.24, 2.45) is 0 Å². The number of aliphatic hydroxyl groups excluding tert-OH is 1. The first-order valence-electron chi connectivity index (χ1n) is 8.39. The van der Waals surface area contributed by atoms with E-state index in [0.717, 1.165) is 65.0 Å². The quantitative estimate of drug-likeness (QED) is 0.442. The molecule has 0 aromatic carbocycles. The van der Waals surface area contributed by atoms with E-state index >= 15 is 0 Å². The van der Waals surface area contributed by atoms with Gasteiger partial charge in [-0.05, 0) is 44.9 Å². The summed E-state index contributed by atoms with van der Waals surface area (Å²) < 4.78 is 22.0. The molecule has 1 fully saturated rings. The van der Waals surface area contributed by atoms with Crippen LogP contribution in [0.3, 0.4) is 0 Å². The lowest BCUT2D eigenvalue weighted by Gasteiger charge is -2.22. The van der Waals surface area contributed by atoms with Gasteiger partial charge in [0.25, 0.3) is 0 Å². The van der Waals surface area contributed by atoms with E-state index in [2.05, 4.69) is 11.8 Å². The van der Waals surface area contributed by atoms with Crippen LogP contribution in [0, 0.1) is 11.8 Å². The van der Waals surface area contributed by atoms with Crippen LogP contribution in [0.1, 0.15) is 44.9 Å². The molecule has 1 atom stereocenters. The molecule has 128 valence electrons. The minimum Gasteiger partial charge on any atom is -0.384 e. The third-order valence-electron chi connectivity index (χ3n) is 3.33. The Labute approximate surface area is 134 Å². The van der Waals surface area contributed by atoms with Gasteiger partial charge in [0, 0.05) is 33.0 Å². The molecule has 1 rings (SSSR count). The number of aliphatic hydroxyl groups is 1. The Morgan fingerprint density at radius 2 is 1.64 bits per heavy atom. The second-order valence-electron chi connectivity index (χ2n) is 5.26. The van der Waals surface area contributed by atoms with Crippen molar-refractivity contribution in [2.75, 3.05) is 46.2 Å². The van der Waals surface area contributed by atoms with Gasteiger partial charge in [0.05, 0.1) is 0 Å². The van der Waals surface area contributed by atoms with E-state index in [4.69, 9.17) is 24.1 Å². The fraction of sp³-hybridized carbons (Fsp3) is 0.882. The topological polar surface area (TPSA) is 57.2 Å². The van der Waals surface area contributed by atoms with Gasteiger partial charge in [-0.3, -0.25) is 0 Å². The van der Waals surface area contributed by atoms with Crippen molar-refractivity contribution in [2.45, 2.75) is 51.2 Å². The zero-order valence-corrected chi connectivity index (χ0v) is 13.6. The lowest BCUT2D eigenvalue weighted by Crippen LogP contribution is -2.22. The van der Waals surface area contributed by atoms with Crippen molar-refractivity contribution < 1.29 is 24.1 Å². The van der Waals surface area contributed by atoms with Crippen molar-refractivity contribution in [3.63, 3.8) is 0 Å². The summed E-state index contributed by atoms with van der Waals surface area (Å²) in [4.78, 5) is 0. The van der Waals surface area contributed by atoms with Crippen LogP contribution in [-0.4, -0.2) is 57.6 Å². The molecule has 22 heavy (non-hydrogen) atoms. The number of ether oxygens (including phenoxy) is 4. The summed E-state index contributed by atoms with van der Waals surface area (Å²) in [7, 11) is 0. The first-order valence-corrected chi connectivity index (χ1v) is 8.39. The average Bonchev–Trinajstić information content (AvgIpc) is 2.56. The molecule has 1 heterocycles. The van der Waals surface area contributed by atoms with Gasteiger partial charge >= 0.3 is 0 Å². The third kappa shape index (κ3) is 12.0. The Morgan fingerprint density at radius 1 is 0.909 bits per heavy atom. The Kier molecular flexibility index (Phi) is 13.5. The van der Waals surface area contributed by atoms with E-state index in [9.17, 15) is 0 Å². The van der Waals surface area contributed by atoms with Gasteiger partial charge < -0.3 is 24.1 Å². The van der Waals surface area contributed by atoms with Crippen LogP contribution in [0.25, 0.3) is 0 Å². The van der Waals surface area contributed by atoms with Gasteiger partial charge in [-0.15, -0.1) is 0 Å².